The van der Waals surface area contributed by atoms with Crippen molar-refractivity contribution in [1.82, 2.24) is 14.9 Å². The molecule has 0 spiro atoms. The summed E-state index contributed by atoms with van der Waals surface area (Å²) in [6.45, 7) is 0.734. The van der Waals surface area contributed by atoms with Crippen molar-refractivity contribution in [2.24, 2.45) is 0 Å². The molecule has 1 aromatic carbocycles. The van der Waals surface area contributed by atoms with Gasteiger partial charge in [0.2, 0.25) is 5.91 Å². The van der Waals surface area contributed by atoms with E-state index in [1.165, 1.54) is 6.07 Å². The van der Waals surface area contributed by atoms with Gasteiger partial charge in [0.05, 0.1) is 17.9 Å². The lowest BCUT2D eigenvalue weighted by Gasteiger charge is -2.25. The van der Waals surface area contributed by atoms with Crippen LogP contribution in [-0.4, -0.2) is 27.3 Å². The van der Waals surface area contributed by atoms with Gasteiger partial charge < -0.3 is 10.2 Å². The maximum atomic E-state index is 13.1. The molecule has 1 fully saturated rings. The van der Waals surface area contributed by atoms with Crippen LogP contribution in [0.1, 0.15) is 36.6 Å². The molecule has 7 heteroatoms. The zero-order valence-corrected chi connectivity index (χ0v) is 17.1. The molecule has 30 heavy (non-hydrogen) atoms. The Labute approximate surface area is 179 Å². The third-order valence-electron chi connectivity index (χ3n) is 5.19. The molecule has 0 bridgehead atoms. The highest BCUT2D eigenvalue weighted by molar-refractivity contribution is 6.30. The third kappa shape index (κ3) is 4.94. The fourth-order valence-corrected chi connectivity index (χ4v) is 3.96. The minimum absolute atomic E-state index is 0.0419. The summed E-state index contributed by atoms with van der Waals surface area (Å²) in [5, 5.41) is 3.77. The Balaban J connectivity index is 1.43. The summed E-state index contributed by atoms with van der Waals surface area (Å²) >= 11 is 6.04. The number of likely N-dealkylation sites (tertiary alicyclic amines) is 1. The first-order chi connectivity index (χ1) is 14.6. The van der Waals surface area contributed by atoms with Crippen molar-refractivity contribution in [3.05, 3.63) is 82.9 Å². The van der Waals surface area contributed by atoms with E-state index in [4.69, 9.17) is 11.6 Å². The number of carbonyl (C=O) groups excluding carboxylic acids is 1. The maximum Gasteiger partial charge on any atom is 0.223 e. The number of aromatic nitrogens is 2. The minimum Gasteiger partial charge on any atom is -0.334 e. The average Bonchev–Trinajstić information content (AvgIpc) is 3.24. The molecule has 3 heterocycles. The largest absolute Gasteiger partial charge is 0.334 e. The molecular weight excluding hydrogens is 403 g/mol. The highest BCUT2D eigenvalue weighted by Crippen LogP contribution is 2.32. The van der Waals surface area contributed by atoms with E-state index in [0.717, 1.165) is 36.8 Å². The van der Waals surface area contributed by atoms with E-state index < -0.39 is 0 Å². The highest BCUT2D eigenvalue weighted by atomic mass is 35.5. The van der Waals surface area contributed by atoms with Crippen LogP contribution in [0.15, 0.2) is 60.8 Å². The first-order valence-electron chi connectivity index (χ1n) is 9.98. The number of amides is 1. The predicted molar refractivity (Wildman–Crippen MR) is 115 cm³/mol. The van der Waals surface area contributed by atoms with Crippen molar-refractivity contribution in [3.8, 4) is 0 Å². The summed E-state index contributed by atoms with van der Waals surface area (Å²) < 4.78 is 13.1. The van der Waals surface area contributed by atoms with Crippen molar-refractivity contribution < 1.29 is 9.18 Å². The van der Waals surface area contributed by atoms with Crippen LogP contribution < -0.4 is 5.32 Å². The number of rotatable bonds is 6. The number of anilines is 2. The van der Waals surface area contributed by atoms with Gasteiger partial charge in [-0.1, -0.05) is 29.8 Å². The van der Waals surface area contributed by atoms with E-state index in [9.17, 15) is 9.18 Å². The Morgan fingerprint density at radius 1 is 1.17 bits per heavy atom. The number of hydrogen-bond acceptors (Lipinski definition) is 4. The van der Waals surface area contributed by atoms with Gasteiger partial charge in [-0.25, -0.2) is 14.4 Å². The second-order valence-electron chi connectivity index (χ2n) is 7.31. The van der Waals surface area contributed by atoms with Gasteiger partial charge in [-0.15, -0.1) is 0 Å². The first kappa shape index (κ1) is 20.3. The van der Waals surface area contributed by atoms with Crippen LogP contribution in [0.5, 0.6) is 0 Å². The van der Waals surface area contributed by atoms with Crippen LogP contribution in [0.2, 0.25) is 5.02 Å². The minimum atomic E-state index is -0.389. The Morgan fingerprint density at radius 2 is 2.03 bits per heavy atom. The smallest absolute Gasteiger partial charge is 0.223 e. The van der Waals surface area contributed by atoms with Crippen LogP contribution in [-0.2, 0) is 11.2 Å². The van der Waals surface area contributed by atoms with Crippen molar-refractivity contribution in [2.75, 3.05) is 11.9 Å². The number of benzene rings is 1. The number of pyridine rings is 2. The molecule has 1 amide bonds. The summed E-state index contributed by atoms with van der Waals surface area (Å²) in [7, 11) is 0. The normalized spacial score (nSPS) is 15.9. The summed E-state index contributed by atoms with van der Waals surface area (Å²) in [6.07, 6.45) is 4.09. The monoisotopic (exact) mass is 424 g/mol. The Morgan fingerprint density at radius 3 is 2.83 bits per heavy atom. The van der Waals surface area contributed by atoms with E-state index in [-0.39, 0.29) is 17.8 Å². The second kappa shape index (κ2) is 9.22. The fraction of sp³-hybridized carbons (Fsp3) is 0.261. The van der Waals surface area contributed by atoms with Gasteiger partial charge in [0.1, 0.15) is 17.5 Å². The van der Waals surface area contributed by atoms with Gasteiger partial charge in [0.25, 0.3) is 0 Å². The van der Waals surface area contributed by atoms with Gasteiger partial charge in [-0.2, -0.15) is 0 Å². The average molecular weight is 425 g/mol. The van der Waals surface area contributed by atoms with Crippen molar-refractivity contribution >= 4 is 29.1 Å². The zero-order valence-electron chi connectivity index (χ0n) is 16.4. The molecular formula is C23H22ClFN4O. The third-order valence-corrected chi connectivity index (χ3v) is 5.42. The Hall–Kier alpha value is -2.99. The molecule has 4 rings (SSSR count). The lowest BCUT2D eigenvalue weighted by Crippen LogP contribution is -2.31. The first-order valence-corrected chi connectivity index (χ1v) is 10.4. The summed E-state index contributed by atoms with van der Waals surface area (Å²) in [5.74, 6) is 0.866. The molecule has 1 unspecified atom stereocenters. The van der Waals surface area contributed by atoms with Gasteiger partial charge >= 0.3 is 0 Å². The standard InChI is InChI=1S/C23H22ClFN4O/c24-17-5-1-4-16(14-17)9-12-23(30)29-13-3-7-20(29)19-6-2-8-22(27-19)28-21-11-10-18(25)15-26-21/h1-2,4-6,8,10-11,14-15,20H,3,7,9,12-13H2,(H,26,27,28). The molecule has 3 aromatic rings. The molecule has 1 saturated heterocycles. The molecule has 1 aliphatic heterocycles. The van der Waals surface area contributed by atoms with Crippen molar-refractivity contribution in [3.63, 3.8) is 0 Å². The number of nitrogens with one attached hydrogen (secondary N) is 1. The molecule has 2 aromatic heterocycles. The number of carbonyl (C=O) groups is 1. The zero-order chi connectivity index (χ0) is 20.9. The molecule has 1 atom stereocenters. The van der Waals surface area contributed by atoms with Crippen LogP contribution >= 0.6 is 11.6 Å². The quantitative estimate of drug-likeness (QED) is 0.582. The van der Waals surface area contributed by atoms with Gasteiger partial charge in [-0.3, -0.25) is 4.79 Å². The number of hydrogen-bond donors (Lipinski definition) is 1. The molecule has 5 nitrogen and oxygen atoms in total. The predicted octanol–water partition coefficient (Wildman–Crippen LogP) is 5.31. The molecule has 0 saturated carbocycles. The van der Waals surface area contributed by atoms with E-state index in [1.54, 1.807) is 6.07 Å². The van der Waals surface area contributed by atoms with Crippen LogP contribution in [0.25, 0.3) is 0 Å². The fourth-order valence-electron chi connectivity index (χ4n) is 3.75. The Kier molecular flexibility index (Phi) is 6.23. The molecule has 0 aliphatic carbocycles. The van der Waals surface area contributed by atoms with Crippen LogP contribution in [0, 0.1) is 5.82 Å². The maximum absolute atomic E-state index is 13.1. The molecule has 1 N–H and O–H groups in total. The number of nitrogens with zero attached hydrogens (tertiary/aromatic N) is 3. The Bertz CT molecular complexity index is 1030. The summed E-state index contributed by atoms with van der Waals surface area (Å²) in [5.41, 5.74) is 1.90. The van der Waals surface area contributed by atoms with Crippen LogP contribution in [0.3, 0.4) is 0 Å². The topological polar surface area (TPSA) is 58.1 Å². The van der Waals surface area contributed by atoms with Gasteiger partial charge in [-0.05, 0) is 61.2 Å². The lowest BCUT2D eigenvalue weighted by atomic mass is 10.1. The SMILES string of the molecule is O=C(CCc1cccc(Cl)c1)N1CCCC1c1cccc(Nc2ccc(F)cn2)n1. The van der Waals surface area contributed by atoms with E-state index in [0.29, 0.717) is 29.5 Å². The summed E-state index contributed by atoms with van der Waals surface area (Å²) in [6, 6.07) is 16.2. The van der Waals surface area contributed by atoms with Crippen molar-refractivity contribution in [1.29, 1.82) is 0 Å². The molecule has 1 aliphatic rings. The van der Waals surface area contributed by atoms with E-state index >= 15 is 0 Å². The van der Waals surface area contributed by atoms with Crippen molar-refractivity contribution in [2.45, 2.75) is 31.7 Å². The van der Waals surface area contributed by atoms with E-state index in [1.807, 2.05) is 47.4 Å². The highest BCUT2D eigenvalue weighted by Gasteiger charge is 2.30. The summed E-state index contributed by atoms with van der Waals surface area (Å²) in [4.78, 5) is 23.5. The van der Waals surface area contributed by atoms with Crippen LogP contribution in [0.4, 0.5) is 16.0 Å². The lowest BCUT2D eigenvalue weighted by molar-refractivity contribution is -0.132. The molecule has 0 radical (unpaired) electrons. The van der Waals surface area contributed by atoms with Gasteiger partial charge in [0, 0.05) is 18.0 Å². The number of aryl methyl sites for hydroxylation is 1. The second-order valence-corrected chi connectivity index (χ2v) is 7.75. The molecule has 154 valence electrons. The van der Waals surface area contributed by atoms with E-state index in [2.05, 4.69) is 15.3 Å². The van der Waals surface area contributed by atoms with Gasteiger partial charge in [0.15, 0.2) is 0 Å². The number of halogens is 2.